The average molecular weight is 183 g/mol. The molecule has 74 valence electrons. The van der Waals surface area contributed by atoms with Gasteiger partial charge in [-0.05, 0) is 12.8 Å². The third kappa shape index (κ3) is 3.57. The molecule has 1 rings (SSSR count). The highest BCUT2D eigenvalue weighted by atomic mass is 16.5. The van der Waals surface area contributed by atoms with Gasteiger partial charge in [-0.25, -0.2) is 0 Å². The highest BCUT2D eigenvalue weighted by Gasteiger charge is 1.95. The molecule has 1 aromatic rings. The maximum atomic E-state index is 5.47. The first-order valence-electron chi connectivity index (χ1n) is 4.57. The molecule has 0 aliphatic carbocycles. The Morgan fingerprint density at radius 1 is 1.54 bits per heavy atom. The second-order valence-corrected chi connectivity index (χ2v) is 3.02. The van der Waals surface area contributed by atoms with E-state index in [0.717, 1.165) is 31.6 Å². The molecular formula is C9H17N3O. The van der Waals surface area contributed by atoms with E-state index in [0.29, 0.717) is 6.54 Å². The van der Waals surface area contributed by atoms with E-state index < -0.39 is 0 Å². The topological polar surface area (TPSA) is 53.1 Å². The first kappa shape index (κ1) is 10.2. The molecule has 2 N–H and O–H groups in total. The van der Waals surface area contributed by atoms with Crippen molar-refractivity contribution in [1.82, 2.24) is 9.78 Å². The smallest absolute Gasteiger partial charge is 0.0534 e. The Morgan fingerprint density at radius 2 is 2.38 bits per heavy atom. The Labute approximate surface area is 78.7 Å². The number of unbranched alkanes of at least 4 members (excludes halogenated alkanes) is 1. The maximum Gasteiger partial charge on any atom is 0.0534 e. The quantitative estimate of drug-likeness (QED) is 0.663. The number of methoxy groups -OCH3 is 1. The summed E-state index contributed by atoms with van der Waals surface area (Å²) in [6, 6.07) is 0. The molecule has 0 atom stereocenters. The van der Waals surface area contributed by atoms with E-state index in [1.807, 2.05) is 17.1 Å². The summed E-state index contributed by atoms with van der Waals surface area (Å²) in [5.41, 5.74) is 6.56. The van der Waals surface area contributed by atoms with Gasteiger partial charge in [-0.3, -0.25) is 4.68 Å². The molecule has 0 radical (unpaired) electrons. The van der Waals surface area contributed by atoms with Crippen LogP contribution in [-0.2, 0) is 17.8 Å². The average Bonchev–Trinajstić information content (AvgIpc) is 2.60. The van der Waals surface area contributed by atoms with Crippen LogP contribution in [0.2, 0.25) is 0 Å². The third-order valence-electron chi connectivity index (χ3n) is 1.91. The van der Waals surface area contributed by atoms with Crippen LogP contribution in [0.15, 0.2) is 12.4 Å². The van der Waals surface area contributed by atoms with Crippen LogP contribution in [0.4, 0.5) is 0 Å². The van der Waals surface area contributed by atoms with Gasteiger partial charge in [0.2, 0.25) is 0 Å². The maximum absolute atomic E-state index is 5.47. The van der Waals surface area contributed by atoms with Gasteiger partial charge in [0.25, 0.3) is 0 Å². The van der Waals surface area contributed by atoms with E-state index in [-0.39, 0.29) is 0 Å². The minimum Gasteiger partial charge on any atom is -0.385 e. The van der Waals surface area contributed by atoms with Crippen molar-refractivity contribution in [3.8, 4) is 0 Å². The van der Waals surface area contributed by atoms with Crippen LogP contribution < -0.4 is 5.73 Å². The summed E-state index contributed by atoms with van der Waals surface area (Å²) in [6.45, 7) is 2.34. The van der Waals surface area contributed by atoms with Gasteiger partial charge in [-0.15, -0.1) is 0 Å². The van der Waals surface area contributed by atoms with Gasteiger partial charge in [0.15, 0.2) is 0 Å². The Hall–Kier alpha value is -0.870. The third-order valence-corrected chi connectivity index (χ3v) is 1.91. The summed E-state index contributed by atoms with van der Waals surface area (Å²) < 4.78 is 6.88. The van der Waals surface area contributed by atoms with Gasteiger partial charge >= 0.3 is 0 Å². The van der Waals surface area contributed by atoms with Crippen LogP contribution in [0, 0.1) is 0 Å². The lowest BCUT2D eigenvalue weighted by Gasteiger charge is -2.00. The molecule has 1 heterocycles. The van der Waals surface area contributed by atoms with E-state index in [4.69, 9.17) is 10.5 Å². The van der Waals surface area contributed by atoms with Crippen molar-refractivity contribution < 1.29 is 4.74 Å². The number of rotatable bonds is 6. The molecule has 0 unspecified atom stereocenters. The number of hydrogen-bond donors (Lipinski definition) is 1. The zero-order valence-electron chi connectivity index (χ0n) is 8.07. The van der Waals surface area contributed by atoms with Crippen molar-refractivity contribution in [1.29, 1.82) is 0 Å². The minimum atomic E-state index is 0.568. The molecule has 0 aliphatic rings. The van der Waals surface area contributed by atoms with Crippen LogP contribution in [0.25, 0.3) is 0 Å². The van der Waals surface area contributed by atoms with E-state index in [2.05, 4.69) is 5.10 Å². The van der Waals surface area contributed by atoms with E-state index >= 15 is 0 Å². The van der Waals surface area contributed by atoms with Crippen molar-refractivity contribution in [3.63, 3.8) is 0 Å². The van der Waals surface area contributed by atoms with Crippen LogP contribution in [0.3, 0.4) is 0 Å². The normalized spacial score (nSPS) is 10.6. The number of nitrogens with zero attached hydrogens (tertiary/aromatic N) is 2. The monoisotopic (exact) mass is 183 g/mol. The van der Waals surface area contributed by atoms with E-state index in [9.17, 15) is 0 Å². The number of aromatic nitrogens is 2. The Morgan fingerprint density at radius 3 is 3.00 bits per heavy atom. The summed E-state index contributed by atoms with van der Waals surface area (Å²) in [5, 5.41) is 4.18. The predicted molar refractivity (Wildman–Crippen MR) is 51.2 cm³/mol. The highest BCUT2D eigenvalue weighted by Crippen LogP contribution is 1.98. The van der Waals surface area contributed by atoms with Gasteiger partial charge in [-0.1, -0.05) is 0 Å². The fraction of sp³-hybridized carbons (Fsp3) is 0.667. The van der Waals surface area contributed by atoms with E-state index in [1.54, 1.807) is 7.11 Å². The standard InChI is InChI=1S/C9H17N3O/c1-13-5-3-2-4-12-8-9(6-10)7-11-12/h7-8H,2-6,10H2,1H3. The fourth-order valence-corrected chi connectivity index (χ4v) is 1.15. The second-order valence-electron chi connectivity index (χ2n) is 3.02. The fourth-order valence-electron chi connectivity index (χ4n) is 1.15. The summed E-state index contributed by atoms with van der Waals surface area (Å²) in [5.74, 6) is 0. The van der Waals surface area contributed by atoms with Crippen molar-refractivity contribution in [3.05, 3.63) is 18.0 Å². The SMILES string of the molecule is COCCCCn1cc(CN)cn1. The predicted octanol–water partition coefficient (Wildman–Crippen LogP) is 0.768. The van der Waals surface area contributed by atoms with Crippen molar-refractivity contribution in [2.45, 2.75) is 25.9 Å². The van der Waals surface area contributed by atoms with Gasteiger partial charge in [0.1, 0.15) is 0 Å². The van der Waals surface area contributed by atoms with Crippen LogP contribution in [-0.4, -0.2) is 23.5 Å². The van der Waals surface area contributed by atoms with Gasteiger partial charge < -0.3 is 10.5 Å². The molecule has 0 spiro atoms. The van der Waals surface area contributed by atoms with Crippen LogP contribution >= 0.6 is 0 Å². The number of hydrogen-bond acceptors (Lipinski definition) is 3. The molecule has 1 aromatic heterocycles. The molecule has 4 nitrogen and oxygen atoms in total. The summed E-state index contributed by atoms with van der Waals surface area (Å²) in [7, 11) is 1.72. The zero-order chi connectivity index (χ0) is 9.52. The number of aryl methyl sites for hydroxylation is 1. The number of nitrogens with two attached hydrogens (primary N) is 1. The van der Waals surface area contributed by atoms with Crippen LogP contribution in [0.1, 0.15) is 18.4 Å². The van der Waals surface area contributed by atoms with Crippen molar-refractivity contribution >= 4 is 0 Å². The summed E-state index contributed by atoms with van der Waals surface area (Å²) >= 11 is 0. The van der Waals surface area contributed by atoms with Gasteiger partial charge in [-0.2, -0.15) is 5.10 Å². The second kappa shape index (κ2) is 5.72. The summed E-state index contributed by atoms with van der Waals surface area (Å²) in [4.78, 5) is 0. The molecule has 0 bridgehead atoms. The molecule has 4 heteroatoms. The molecule has 0 aliphatic heterocycles. The van der Waals surface area contributed by atoms with Crippen LogP contribution in [0.5, 0.6) is 0 Å². The Kier molecular flexibility index (Phi) is 4.49. The molecule has 0 saturated carbocycles. The molecular weight excluding hydrogens is 166 g/mol. The first-order chi connectivity index (χ1) is 6.36. The largest absolute Gasteiger partial charge is 0.385 e. The first-order valence-corrected chi connectivity index (χ1v) is 4.57. The molecule has 0 fully saturated rings. The molecule has 0 saturated heterocycles. The summed E-state index contributed by atoms with van der Waals surface area (Å²) in [6.07, 6.45) is 5.98. The Bertz CT molecular complexity index is 235. The zero-order valence-corrected chi connectivity index (χ0v) is 8.07. The molecule has 0 aromatic carbocycles. The van der Waals surface area contributed by atoms with Gasteiger partial charge in [0.05, 0.1) is 6.20 Å². The lowest BCUT2D eigenvalue weighted by molar-refractivity contribution is 0.191. The number of ether oxygens (including phenoxy) is 1. The van der Waals surface area contributed by atoms with Crippen molar-refractivity contribution in [2.24, 2.45) is 5.73 Å². The molecule has 13 heavy (non-hydrogen) atoms. The minimum absolute atomic E-state index is 0.568. The Balaban J connectivity index is 2.20. The lowest BCUT2D eigenvalue weighted by Crippen LogP contribution is -2.00. The highest BCUT2D eigenvalue weighted by molar-refractivity contribution is 5.02. The van der Waals surface area contributed by atoms with Gasteiger partial charge in [0, 0.05) is 38.6 Å². The van der Waals surface area contributed by atoms with E-state index in [1.165, 1.54) is 0 Å². The lowest BCUT2D eigenvalue weighted by atomic mass is 10.3. The molecule has 0 amide bonds. The van der Waals surface area contributed by atoms with Crippen molar-refractivity contribution in [2.75, 3.05) is 13.7 Å².